The number of hydrogen-bond acceptors (Lipinski definition) is 5. The minimum atomic E-state index is 0.421. The molecule has 0 aliphatic rings. The fourth-order valence-corrected chi connectivity index (χ4v) is 1.56. The average molecular weight is 233 g/mol. The highest BCUT2D eigenvalue weighted by atomic mass is 16.5. The molecule has 0 unspecified atom stereocenters. The Hall–Kier alpha value is -1.85. The number of nitrogens with zero attached hydrogens (tertiary/aromatic N) is 1. The zero-order valence-electron chi connectivity index (χ0n) is 9.43. The lowest BCUT2D eigenvalue weighted by Crippen LogP contribution is -2.10. The highest BCUT2D eigenvalue weighted by Crippen LogP contribution is 2.26. The van der Waals surface area contributed by atoms with Crippen molar-refractivity contribution in [3.05, 3.63) is 35.9 Å². The van der Waals surface area contributed by atoms with Crippen LogP contribution in [0.15, 0.2) is 34.9 Å². The lowest BCUT2D eigenvalue weighted by Gasteiger charge is -2.02. The summed E-state index contributed by atoms with van der Waals surface area (Å²) in [4.78, 5) is 0. The Balaban J connectivity index is 2.24. The molecule has 0 bridgehead atoms. The predicted octanol–water partition coefficient (Wildman–Crippen LogP) is 1.14. The predicted molar refractivity (Wildman–Crippen MR) is 64.4 cm³/mol. The van der Waals surface area contributed by atoms with Gasteiger partial charge >= 0.3 is 0 Å². The summed E-state index contributed by atoms with van der Waals surface area (Å²) in [7, 11) is 0. The van der Waals surface area contributed by atoms with Crippen LogP contribution in [0.1, 0.15) is 5.56 Å². The van der Waals surface area contributed by atoms with Crippen molar-refractivity contribution in [1.82, 2.24) is 5.16 Å². The number of benzene rings is 1. The summed E-state index contributed by atoms with van der Waals surface area (Å²) in [5.74, 6) is 1.09. The standard InChI is InChI=1S/C12H15N3O2/c13-5-6-16-12-7-11(17-15-12)10-4-2-1-3-9(10)8-14/h1-4,7H,5-6,8,13-14H2. The average Bonchev–Trinajstić information content (AvgIpc) is 2.85. The lowest BCUT2D eigenvalue weighted by molar-refractivity contribution is 0.288. The fraction of sp³-hybridized carbons (Fsp3) is 0.250. The van der Waals surface area contributed by atoms with Gasteiger partial charge in [-0.3, -0.25) is 0 Å². The number of ether oxygens (including phenoxy) is 1. The van der Waals surface area contributed by atoms with Crippen molar-refractivity contribution < 1.29 is 9.26 Å². The van der Waals surface area contributed by atoms with Crippen molar-refractivity contribution in [2.45, 2.75) is 6.54 Å². The molecular formula is C12H15N3O2. The van der Waals surface area contributed by atoms with Crippen LogP contribution in [0.5, 0.6) is 5.88 Å². The number of rotatable bonds is 5. The van der Waals surface area contributed by atoms with E-state index in [9.17, 15) is 0 Å². The summed E-state index contributed by atoms with van der Waals surface area (Å²) in [6, 6.07) is 9.50. The fourth-order valence-electron chi connectivity index (χ4n) is 1.56. The first-order valence-electron chi connectivity index (χ1n) is 5.43. The molecule has 2 aromatic rings. The third kappa shape index (κ3) is 2.64. The summed E-state index contributed by atoms with van der Waals surface area (Å²) in [5.41, 5.74) is 12.9. The van der Waals surface area contributed by atoms with Gasteiger partial charge in [-0.1, -0.05) is 24.3 Å². The van der Waals surface area contributed by atoms with Crippen molar-refractivity contribution in [2.24, 2.45) is 11.5 Å². The van der Waals surface area contributed by atoms with E-state index in [-0.39, 0.29) is 0 Å². The van der Waals surface area contributed by atoms with E-state index in [1.807, 2.05) is 24.3 Å². The van der Waals surface area contributed by atoms with Crippen molar-refractivity contribution in [3.63, 3.8) is 0 Å². The number of aromatic nitrogens is 1. The first-order chi connectivity index (χ1) is 8.35. The topological polar surface area (TPSA) is 87.3 Å². The van der Waals surface area contributed by atoms with Crippen molar-refractivity contribution in [2.75, 3.05) is 13.2 Å². The van der Waals surface area contributed by atoms with E-state index in [2.05, 4.69) is 5.16 Å². The van der Waals surface area contributed by atoms with Gasteiger partial charge in [0, 0.05) is 24.7 Å². The molecule has 17 heavy (non-hydrogen) atoms. The molecule has 2 rings (SSSR count). The summed E-state index contributed by atoms with van der Waals surface area (Å²) < 4.78 is 10.5. The molecule has 0 saturated carbocycles. The van der Waals surface area contributed by atoms with Crippen LogP contribution >= 0.6 is 0 Å². The molecule has 1 aromatic heterocycles. The second kappa shape index (κ2) is 5.47. The third-order valence-electron chi connectivity index (χ3n) is 2.36. The maximum Gasteiger partial charge on any atom is 0.254 e. The SMILES string of the molecule is NCCOc1cc(-c2ccccc2CN)on1. The van der Waals surface area contributed by atoms with E-state index in [4.69, 9.17) is 20.7 Å². The smallest absolute Gasteiger partial charge is 0.254 e. The molecule has 0 spiro atoms. The van der Waals surface area contributed by atoms with Gasteiger partial charge in [0.15, 0.2) is 5.76 Å². The molecule has 4 N–H and O–H groups in total. The lowest BCUT2D eigenvalue weighted by atomic mass is 10.1. The third-order valence-corrected chi connectivity index (χ3v) is 2.36. The molecular weight excluding hydrogens is 218 g/mol. The van der Waals surface area contributed by atoms with Crippen LogP contribution in [-0.4, -0.2) is 18.3 Å². The summed E-state index contributed by atoms with van der Waals surface area (Å²) in [6.07, 6.45) is 0. The van der Waals surface area contributed by atoms with Crippen LogP contribution in [0.4, 0.5) is 0 Å². The molecule has 1 heterocycles. The van der Waals surface area contributed by atoms with Gasteiger partial charge in [-0.05, 0) is 10.7 Å². The minimum absolute atomic E-state index is 0.421. The van der Waals surface area contributed by atoms with Gasteiger partial charge in [0.25, 0.3) is 5.88 Å². The minimum Gasteiger partial charge on any atom is -0.474 e. The van der Waals surface area contributed by atoms with Crippen LogP contribution < -0.4 is 16.2 Å². The van der Waals surface area contributed by atoms with Crippen molar-refractivity contribution >= 4 is 0 Å². The first kappa shape index (κ1) is 11.6. The second-order valence-corrected chi connectivity index (χ2v) is 3.53. The van der Waals surface area contributed by atoms with Crippen LogP contribution in [-0.2, 0) is 6.54 Å². The summed E-state index contributed by atoms with van der Waals surface area (Å²) in [6.45, 7) is 1.32. The molecule has 0 radical (unpaired) electrons. The number of nitrogens with two attached hydrogens (primary N) is 2. The number of hydrogen-bond donors (Lipinski definition) is 2. The second-order valence-electron chi connectivity index (χ2n) is 3.53. The molecule has 0 fully saturated rings. The first-order valence-corrected chi connectivity index (χ1v) is 5.43. The molecule has 0 saturated heterocycles. The van der Waals surface area contributed by atoms with Gasteiger partial charge in [-0.15, -0.1) is 0 Å². The Kier molecular flexibility index (Phi) is 3.74. The Morgan fingerprint density at radius 3 is 2.82 bits per heavy atom. The quantitative estimate of drug-likeness (QED) is 0.808. The summed E-state index contributed by atoms with van der Waals surface area (Å²) >= 11 is 0. The zero-order chi connectivity index (χ0) is 12.1. The molecule has 1 aromatic carbocycles. The van der Waals surface area contributed by atoms with Crippen molar-refractivity contribution in [3.8, 4) is 17.2 Å². The largest absolute Gasteiger partial charge is 0.474 e. The van der Waals surface area contributed by atoms with E-state index in [0.29, 0.717) is 31.3 Å². The Morgan fingerprint density at radius 1 is 1.24 bits per heavy atom. The van der Waals surface area contributed by atoms with Gasteiger partial charge in [0.1, 0.15) is 6.61 Å². The monoisotopic (exact) mass is 233 g/mol. The van der Waals surface area contributed by atoms with Crippen LogP contribution in [0.3, 0.4) is 0 Å². The van der Waals surface area contributed by atoms with Crippen LogP contribution in [0.25, 0.3) is 11.3 Å². The van der Waals surface area contributed by atoms with Gasteiger partial charge in [0.2, 0.25) is 0 Å². The molecule has 0 aliphatic heterocycles. The highest BCUT2D eigenvalue weighted by Gasteiger charge is 2.10. The van der Waals surface area contributed by atoms with E-state index in [0.717, 1.165) is 11.1 Å². The molecule has 5 nitrogen and oxygen atoms in total. The zero-order valence-corrected chi connectivity index (χ0v) is 9.43. The van der Waals surface area contributed by atoms with E-state index in [1.54, 1.807) is 6.07 Å². The summed E-state index contributed by atoms with van der Waals surface area (Å²) in [5, 5.41) is 3.81. The van der Waals surface area contributed by atoms with Crippen LogP contribution in [0.2, 0.25) is 0 Å². The van der Waals surface area contributed by atoms with Crippen molar-refractivity contribution in [1.29, 1.82) is 0 Å². The Morgan fingerprint density at radius 2 is 2.06 bits per heavy atom. The highest BCUT2D eigenvalue weighted by molar-refractivity contribution is 5.62. The van der Waals surface area contributed by atoms with Gasteiger partial charge in [-0.2, -0.15) is 0 Å². The van der Waals surface area contributed by atoms with E-state index >= 15 is 0 Å². The van der Waals surface area contributed by atoms with E-state index in [1.165, 1.54) is 0 Å². The Bertz CT molecular complexity index is 482. The van der Waals surface area contributed by atoms with E-state index < -0.39 is 0 Å². The molecule has 0 amide bonds. The van der Waals surface area contributed by atoms with Gasteiger partial charge < -0.3 is 20.7 Å². The molecule has 5 heteroatoms. The van der Waals surface area contributed by atoms with Gasteiger partial charge in [-0.25, -0.2) is 0 Å². The molecule has 0 atom stereocenters. The Labute approximate surface area is 99.3 Å². The maximum atomic E-state index is 5.67. The molecule has 0 aliphatic carbocycles. The van der Waals surface area contributed by atoms with Crippen LogP contribution in [0, 0.1) is 0 Å². The maximum absolute atomic E-state index is 5.67. The van der Waals surface area contributed by atoms with Gasteiger partial charge in [0.05, 0.1) is 0 Å². The molecule has 90 valence electrons. The normalized spacial score (nSPS) is 10.5.